The minimum Gasteiger partial charge on any atom is -0.236 e. The van der Waals surface area contributed by atoms with Crippen LogP contribution in [0.1, 0.15) is 10.6 Å². The van der Waals surface area contributed by atoms with E-state index in [9.17, 15) is 0 Å². The second-order valence-electron chi connectivity index (χ2n) is 6.09. The van der Waals surface area contributed by atoms with Gasteiger partial charge in [-0.2, -0.15) is 0 Å². The summed E-state index contributed by atoms with van der Waals surface area (Å²) in [6, 6.07) is 27.7. The molecule has 0 aliphatic carbocycles. The fourth-order valence-corrected chi connectivity index (χ4v) is 4.19. The fourth-order valence-electron chi connectivity index (χ4n) is 3.31. The maximum Gasteiger partial charge on any atom is 0.117 e. The van der Waals surface area contributed by atoms with Gasteiger partial charge in [0.05, 0.1) is 10.2 Å². The molecule has 118 valence electrons. The summed E-state index contributed by atoms with van der Waals surface area (Å²) in [6.07, 6.45) is 4.30. The Morgan fingerprint density at radius 1 is 0.640 bits per heavy atom. The van der Waals surface area contributed by atoms with Crippen LogP contribution < -0.4 is 0 Å². The Kier molecular flexibility index (Phi) is 3.36. The molecule has 0 fully saturated rings. The number of hydrogen-bond donors (Lipinski definition) is 0. The standard InChI is InChI=1S/C23H15NS/c1-3-10-19-16(6-1)8-5-9-17(19)13-15-22-24-23-20-11-4-2-7-18(20)12-14-21(23)25-22/h1-15H/b15-13+. The zero-order valence-electron chi connectivity index (χ0n) is 13.5. The van der Waals surface area contributed by atoms with E-state index in [1.807, 2.05) is 0 Å². The van der Waals surface area contributed by atoms with Gasteiger partial charge in [0.2, 0.25) is 0 Å². The van der Waals surface area contributed by atoms with Crippen LogP contribution in [0.25, 0.3) is 43.9 Å². The molecule has 0 atom stereocenters. The summed E-state index contributed by atoms with van der Waals surface area (Å²) in [5.74, 6) is 0. The van der Waals surface area contributed by atoms with E-state index >= 15 is 0 Å². The molecule has 0 saturated carbocycles. The third-order valence-corrected chi connectivity index (χ3v) is 5.51. The molecule has 25 heavy (non-hydrogen) atoms. The van der Waals surface area contributed by atoms with Gasteiger partial charge < -0.3 is 0 Å². The van der Waals surface area contributed by atoms with Crippen molar-refractivity contribution in [2.75, 3.05) is 0 Å². The molecule has 0 aliphatic heterocycles. The second-order valence-corrected chi connectivity index (χ2v) is 7.15. The van der Waals surface area contributed by atoms with Crippen LogP contribution in [0.4, 0.5) is 0 Å². The summed E-state index contributed by atoms with van der Waals surface area (Å²) < 4.78 is 1.23. The minimum absolute atomic E-state index is 1.04. The Balaban J connectivity index is 1.61. The number of hydrogen-bond acceptors (Lipinski definition) is 2. The summed E-state index contributed by atoms with van der Waals surface area (Å²) in [5.41, 5.74) is 2.32. The molecule has 5 aromatic rings. The lowest BCUT2D eigenvalue weighted by Gasteiger charge is -2.01. The van der Waals surface area contributed by atoms with E-state index in [4.69, 9.17) is 4.98 Å². The third-order valence-electron chi connectivity index (χ3n) is 4.53. The predicted molar refractivity (Wildman–Crippen MR) is 110 cm³/mol. The maximum atomic E-state index is 4.87. The van der Waals surface area contributed by atoms with E-state index in [1.165, 1.54) is 31.8 Å². The van der Waals surface area contributed by atoms with Gasteiger partial charge in [0.15, 0.2) is 0 Å². The van der Waals surface area contributed by atoms with E-state index in [1.54, 1.807) is 11.3 Å². The van der Waals surface area contributed by atoms with E-state index in [2.05, 4.69) is 91.0 Å². The van der Waals surface area contributed by atoms with E-state index in [-0.39, 0.29) is 0 Å². The van der Waals surface area contributed by atoms with Crippen molar-refractivity contribution in [2.24, 2.45) is 0 Å². The Bertz CT molecular complexity index is 1240. The zero-order chi connectivity index (χ0) is 16.6. The molecular weight excluding hydrogens is 322 g/mol. The quantitative estimate of drug-likeness (QED) is 0.346. The highest BCUT2D eigenvalue weighted by molar-refractivity contribution is 7.19. The highest BCUT2D eigenvalue weighted by Crippen LogP contribution is 2.30. The molecule has 0 radical (unpaired) electrons. The maximum absolute atomic E-state index is 4.87. The van der Waals surface area contributed by atoms with Crippen molar-refractivity contribution in [3.63, 3.8) is 0 Å². The monoisotopic (exact) mass is 337 g/mol. The normalized spacial score (nSPS) is 11.8. The van der Waals surface area contributed by atoms with Gasteiger partial charge in [0, 0.05) is 5.39 Å². The molecule has 0 unspecified atom stereocenters. The molecule has 1 nitrogen and oxygen atoms in total. The SMILES string of the molecule is C(=C\c1cccc2ccccc12)/c1nc2c(ccc3ccccc32)s1. The molecule has 0 saturated heterocycles. The number of rotatable bonds is 2. The lowest BCUT2D eigenvalue weighted by Crippen LogP contribution is -1.77. The first-order valence-electron chi connectivity index (χ1n) is 8.33. The first-order valence-corrected chi connectivity index (χ1v) is 9.14. The molecule has 0 amide bonds. The highest BCUT2D eigenvalue weighted by Gasteiger charge is 2.05. The van der Waals surface area contributed by atoms with Crippen molar-refractivity contribution in [1.82, 2.24) is 4.98 Å². The smallest absolute Gasteiger partial charge is 0.117 e. The molecule has 0 N–H and O–H groups in total. The Labute approximate surface area is 149 Å². The molecule has 0 bridgehead atoms. The van der Waals surface area contributed by atoms with Crippen LogP contribution in [0.5, 0.6) is 0 Å². The van der Waals surface area contributed by atoms with Gasteiger partial charge >= 0.3 is 0 Å². The third kappa shape index (κ3) is 2.51. The van der Waals surface area contributed by atoms with Crippen LogP contribution in [-0.4, -0.2) is 4.98 Å². The van der Waals surface area contributed by atoms with E-state index < -0.39 is 0 Å². The average Bonchev–Trinajstić information content (AvgIpc) is 3.10. The van der Waals surface area contributed by atoms with Crippen molar-refractivity contribution in [3.05, 3.63) is 89.4 Å². The van der Waals surface area contributed by atoms with Crippen LogP contribution in [0, 0.1) is 0 Å². The first kappa shape index (κ1) is 14.4. The Morgan fingerprint density at radius 2 is 1.36 bits per heavy atom. The first-order chi connectivity index (χ1) is 12.4. The van der Waals surface area contributed by atoms with E-state index in [0.29, 0.717) is 0 Å². The molecule has 0 spiro atoms. The topological polar surface area (TPSA) is 12.9 Å². The van der Waals surface area contributed by atoms with Crippen molar-refractivity contribution in [3.8, 4) is 0 Å². The van der Waals surface area contributed by atoms with Crippen molar-refractivity contribution < 1.29 is 0 Å². The molecule has 1 aromatic heterocycles. The lowest BCUT2D eigenvalue weighted by molar-refractivity contribution is 1.48. The summed E-state index contributed by atoms with van der Waals surface area (Å²) in [5, 5.41) is 6.04. The van der Waals surface area contributed by atoms with Gasteiger partial charge in [0.25, 0.3) is 0 Å². The molecule has 4 aromatic carbocycles. The molecular formula is C23H15NS. The van der Waals surface area contributed by atoms with Gasteiger partial charge in [-0.25, -0.2) is 4.98 Å². The predicted octanol–water partition coefficient (Wildman–Crippen LogP) is 6.77. The van der Waals surface area contributed by atoms with Gasteiger partial charge in [-0.05, 0) is 33.9 Å². The minimum atomic E-state index is 1.04. The molecule has 0 aliphatic rings. The number of benzene rings is 4. The van der Waals surface area contributed by atoms with Crippen molar-refractivity contribution >= 4 is 55.3 Å². The Morgan fingerprint density at radius 3 is 2.24 bits per heavy atom. The van der Waals surface area contributed by atoms with E-state index in [0.717, 1.165) is 10.5 Å². The largest absolute Gasteiger partial charge is 0.236 e. The summed E-state index contributed by atoms with van der Waals surface area (Å²) >= 11 is 1.74. The Hall–Kier alpha value is -2.97. The summed E-state index contributed by atoms with van der Waals surface area (Å²) in [4.78, 5) is 4.87. The summed E-state index contributed by atoms with van der Waals surface area (Å²) in [6.45, 7) is 0. The van der Waals surface area contributed by atoms with Crippen LogP contribution >= 0.6 is 11.3 Å². The second kappa shape index (κ2) is 5.83. The average molecular weight is 337 g/mol. The number of fused-ring (bicyclic) bond motifs is 4. The molecule has 5 rings (SSSR count). The zero-order valence-corrected chi connectivity index (χ0v) is 14.3. The molecule has 1 heterocycles. The van der Waals surface area contributed by atoms with Crippen LogP contribution in [0.15, 0.2) is 78.9 Å². The van der Waals surface area contributed by atoms with Gasteiger partial charge in [-0.15, -0.1) is 11.3 Å². The van der Waals surface area contributed by atoms with Crippen LogP contribution in [0.3, 0.4) is 0 Å². The molecule has 2 heteroatoms. The van der Waals surface area contributed by atoms with Gasteiger partial charge in [-0.3, -0.25) is 0 Å². The highest BCUT2D eigenvalue weighted by atomic mass is 32.1. The van der Waals surface area contributed by atoms with Crippen LogP contribution in [-0.2, 0) is 0 Å². The fraction of sp³-hybridized carbons (Fsp3) is 0. The lowest BCUT2D eigenvalue weighted by atomic mass is 10.0. The number of aromatic nitrogens is 1. The van der Waals surface area contributed by atoms with Gasteiger partial charge in [-0.1, -0.05) is 78.9 Å². The van der Waals surface area contributed by atoms with Crippen molar-refractivity contribution in [2.45, 2.75) is 0 Å². The number of thiazole rings is 1. The van der Waals surface area contributed by atoms with Gasteiger partial charge in [0.1, 0.15) is 5.01 Å². The number of nitrogens with zero attached hydrogens (tertiary/aromatic N) is 1. The van der Waals surface area contributed by atoms with Crippen LogP contribution in [0.2, 0.25) is 0 Å². The van der Waals surface area contributed by atoms with Crippen molar-refractivity contribution in [1.29, 1.82) is 0 Å². The summed E-state index contributed by atoms with van der Waals surface area (Å²) in [7, 11) is 0.